The summed E-state index contributed by atoms with van der Waals surface area (Å²) >= 11 is 0. The maximum atomic E-state index is 13.4. The lowest BCUT2D eigenvalue weighted by molar-refractivity contribution is -0.384. The highest BCUT2D eigenvalue weighted by Crippen LogP contribution is 2.26. The number of aryl methyl sites for hydroxylation is 1. The minimum absolute atomic E-state index is 0.00195. The van der Waals surface area contributed by atoms with E-state index in [-0.39, 0.29) is 11.6 Å². The number of nitrogens with two attached hydrogens (primary N) is 1. The van der Waals surface area contributed by atoms with E-state index < -0.39 is 4.92 Å². The van der Waals surface area contributed by atoms with Crippen molar-refractivity contribution in [3.8, 4) is 0 Å². The number of benzene rings is 2. The van der Waals surface area contributed by atoms with Gasteiger partial charge in [-0.05, 0) is 49.1 Å². The van der Waals surface area contributed by atoms with Crippen LogP contribution in [0.2, 0.25) is 0 Å². The summed E-state index contributed by atoms with van der Waals surface area (Å²) in [4.78, 5) is 30.7. The second kappa shape index (κ2) is 11.1. The Labute approximate surface area is 200 Å². The van der Waals surface area contributed by atoms with Gasteiger partial charge in [-0.25, -0.2) is 4.98 Å². The molecule has 3 N–H and O–H groups in total. The number of nitrogens with zero attached hydrogens (tertiary/aromatic N) is 4. The van der Waals surface area contributed by atoms with E-state index in [1.807, 2.05) is 27.7 Å². The van der Waals surface area contributed by atoms with Gasteiger partial charge in [-0.1, -0.05) is 33.8 Å². The standard InChI is InChI=1S/C25H34N6O3/c1-17(2)15-29(16-18(3)4)24(32)19-9-10-22-23(13-19)30(12-6-11-26)25(28-22)27-20-7-5-8-21(14-20)31(33)34/h5,7-10,13-14,17-18H,6,11-12,15-16,26H2,1-4H3,(H,27,28). The van der Waals surface area contributed by atoms with E-state index in [9.17, 15) is 14.9 Å². The van der Waals surface area contributed by atoms with Crippen LogP contribution < -0.4 is 11.1 Å². The normalized spacial score (nSPS) is 11.4. The smallest absolute Gasteiger partial charge is 0.271 e. The van der Waals surface area contributed by atoms with E-state index in [2.05, 4.69) is 33.0 Å². The minimum atomic E-state index is -0.430. The van der Waals surface area contributed by atoms with Gasteiger partial charge in [-0.15, -0.1) is 0 Å². The summed E-state index contributed by atoms with van der Waals surface area (Å²) in [6, 6.07) is 11.8. The van der Waals surface area contributed by atoms with E-state index in [1.165, 1.54) is 12.1 Å². The van der Waals surface area contributed by atoms with Crippen LogP contribution in [0.25, 0.3) is 11.0 Å². The number of imidazole rings is 1. The first kappa shape index (κ1) is 25.2. The van der Waals surface area contributed by atoms with Gasteiger partial charge in [0.1, 0.15) is 0 Å². The van der Waals surface area contributed by atoms with Gasteiger partial charge in [0.2, 0.25) is 5.95 Å². The first-order valence-corrected chi connectivity index (χ1v) is 11.7. The Morgan fingerprint density at radius 2 is 1.85 bits per heavy atom. The first-order valence-electron chi connectivity index (χ1n) is 11.7. The summed E-state index contributed by atoms with van der Waals surface area (Å²) < 4.78 is 1.98. The summed E-state index contributed by atoms with van der Waals surface area (Å²) in [5, 5.41) is 14.4. The summed E-state index contributed by atoms with van der Waals surface area (Å²) in [7, 11) is 0. The number of hydrogen-bond donors (Lipinski definition) is 2. The monoisotopic (exact) mass is 466 g/mol. The van der Waals surface area contributed by atoms with Gasteiger partial charge in [0.15, 0.2) is 0 Å². The average Bonchev–Trinajstić information content (AvgIpc) is 3.12. The van der Waals surface area contributed by atoms with Crippen molar-refractivity contribution in [2.75, 3.05) is 25.0 Å². The molecular weight excluding hydrogens is 432 g/mol. The Kier molecular flexibility index (Phi) is 8.22. The fourth-order valence-corrected chi connectivity index (χ4v) is 3.96. The summed E-state index contributed by atoms with van der Waals surface area (Å²) in [6.45, 7) is 10.9. The molecule has 1 aromatic heterocycles. The molecule has 3 aromatic rings. The molecule has 1 heterocycles. The van der Waals surface area contributed by atoms with Crippen LogP contribution in [0.5, 0.6) is 0 Å². The van der Waals surface area contributed by atoms with Crippen molar-refractivity contribution in [2.45, 2.75) is 40.7 Å². The molecule has 0 fully saturated rings. The molecule has 0 aliphatic rings. The molecule has 1 amide bonds. The maximum absolute atomic E-state index is 13.4. The SMILES string of the molecule is CC(C)CN(CC(C)C)C(=O)c1ccc2nc(Nc3cccc([N+](=O)[O-])c3)n(CCCN)c2c1. The fraction of sp³-hybridized carbons (Fsp3) is 0.440. The first-order chi connectivity index (χ1) is 16.2. The van der Waals surface area contributed by atoms with Crippen LogP contribution in [0.1, 0.15) is 44.5 Å². The number of anilines is 2. The van der Waals surface area contributed by atoms with E-state index in [0.29, 0.717) is 55.2 Å². The molecule has 0 saturated carbocycles. The largest absolute Gasteiger partial charge is 0.338 e. The third kappa shape index (κ3) is 6.11. The van der Waals surface area contributed by atoms with Crippen LogP contribution in [0.15, 0.2) is 42.5 Å². The molecule has 34 heavy (non-hydrogen) atoms. The maximum Gasteiger partial charge on any atom is 0.271 e. The number of nitro groups is 1. The van der Waals surface area contributed by atoms with Crippen LogP contribution in [-0.2, 0) is 6.54 Å². The molecule has 2 aromatic carbocycles. The Morgan fingerprint density at radius 1 is 1.15 bits per heavy atom. The van der Waals surface area contributed by atoms with Crippen molar-refractivity contribution < 1.29 is 9.72 Å². The van der Waals surface area contributed by atoms with E-state index >= 15 is 0 Å². The van der Waals surface area contributed by atoms with Crippen molar-refractivity contribution in [1.82, 2.24) is 14.5 Å². The number of carbonyl (C=O) groups excluding carboxylic acids is 1. The molecule has 9 heteroatoms. The molecule has 0 unspecified atom stereocenters. The number of nitrogens with one attached hydrogen (secondary N) is 1. The second-order valence-electron chi connectivity index (χ2n) is 9.36. The van der Waals surface area contributed by atoms with Gasteiger partial charge in [0.05, 0.1) is 16.0 Å². The second-order valence-corrected chi connectivity index (χ2v) is 9.36. The molecule has 0 saturated heterocycles. The van der Waals surface area contributed by atoms with Gasteiger partial charge in [0.25, 0.3) is 11.6 Å². The van der Waals surface area contributed by atoms with Crippen molar-refractivity contribution in [3.63, 3.8) is 0 Å². The van der Waals surface area contributed by atoms with Crippen molar-refractivity contribution >= 4 is 34.3 Å². The molecule has 182 valence electrons. The van der Waals surface area contributed by atoms with Crippen LogP contribution in [0.3, 0.4) is 0 Å². The van der Waals surface area contributed by atoms with E-state index in [0.717, 1.165) is 17.5 Å². The molecule has 0 aliphatic heterocycles. The summed E-state index contributed by atoms with van der Waals surface area (Å²) in [5.74, 6) is 1.29. The van der Waals surface area contributed by atoms with E-state index in [4.69, 9.17) is 10.7 Å². The minimum Gasteiger partial charge on any atom is -0.338 e. The number of non-ortho nitro benzene ring substituents is 1. The fourth-order valence-electron chi connectivity index (χ4n) is 3.96. The lowest BCUT2D eigenvalue weighted by Crippen LogP contribution is -2.37. The zero-order chi connectivity index (χ0) is 24.8. The molecule has 3 rings (SSSR count). The third-order valence-electron chi connectivity index (χ3n) is 5.35. The van der Waals surface area contributed by atoms with Gasteiger partial charge in [-0.2, -0.15) is 0 Å². The van der Waals surface area contributed by atoms with Crippen molar-refractivity contribution in [2.24, 2.45) is 17.6 Å². The van der Waals surface area contributed by atoms with Gasteiger partial charge < -0.3 is 20.5 Å². The van der Waals surface area contributed by atoms with Gasteiger partial charge in [-0.3, -0.25) is 14.9 Å². The molecule has 0 radical (unpaired) electrons. The van der Waals surface area contributed by atoms with Gasteiger partial charge >= 0.3 is 0 Å². The molecule has 0 aliphatic carbocycles. The topological polar surface area (TPSA) is 119 Å². The van der Waals surface area contributed by atoms with Crippen molar-refractivity contribution in [1.29, 1.82) is 0 Å². The van der Waals surface area contributed by atoms with Crippen LogP contribution in [0.4, 0.5) is 17.3 Å². The average molecular weight is 467 g/mol. The zero-order valence-electron chi connectivity index (χ0n) is 20.3. The molecule has 0 bridgehead atoms. The van der Waals surface area contributed by atoms with Crippen LogP contribution in [-0.4, -0.2) is 44.9 Å². The number of nitro benzene ring substituents is 1. The Bertz CT molecular complexity index is 1140. The third-order valence-corrected chi connectivity index (χ3v) is 5.35. The van der Waals surface area contributed by atoms with Crippen LogP contribution >= 0.6 is 0 Å². The number of aromatic nitrogens is 2. The van der Waals surface area contributed by atoms with E-state index in [1.54, 1.807) is 12.1 Å². The highest BCUT2D eigenvalue weighted by atomic mass is 16.6. The molecule has 0 atom stereocenters. The zero-order valence-corrected chi connectivity index (χ0v) is 20.3. The lowest BCUT2D eigenvalue weighted by atomic mass is 10.1. The Hall–Kier alpha value is -3.46. The quantitative estimate of drug-likeness (QED) is 0.310. The molecular formula is C25H34N6O3. The molecule has 9 nitrogen and oxygen atoms in total. The highest BCUT2D eigenvalue weighted by molar-refractivity contribution is 5.98. The summed E-state index contributed by atoms with van der Waals surface area (Å²) in [6.07, 6.45) is 0.722. The molecule has 0 spiro atoms. The summed E-state index contributed by atoms with van der Waals surface area (Å²) in [5.41, 5.74) is 8.50. The predicted molar refractivity (Wildman–Crippen MR) is 135 cm³/mol. The van der Waals surface area contributed by atoms with Crippen molar-refractivity contribution in [3.05, 3.63) is 58.1 Å². The van der Waals surface area contributed by atoms with Crippen LogP contribution in [0, 0.1) is 22.0 Å². The Morgan fingerprint density at radius 3 is 2.47 bits per heavy atom. The predicted octanol–water partition coefficient (Wildman–Crippen LogP) is 4.79. The highest BCUT2D eigenvalue weighted by Gasteiger charge is 2.20. The van der Waals surface area contributed by atoms with Gasteiger partial charge in [0, 0.05) is 43.0 Å². The lowest BCUT2D eigenvalue weighted by Gasteiger charge is -2.26. The Balaban J connectivity index is 2.00. The number of fused-ring (bicyclic) bond motifs is 1. The number of rotatable bonds is 11. The number of amides is 1. The number of hydrogen-bond acceptors (Lipinski definition) is 6. The number of carbonyl (C=O) groups is 1.